The molecule has 0 spiro atoms. The summed E-state index contributed by atoms with van der Waals surface area (Å²) < 4.78 is 162. The topological polar surface area (TPSA) is 105 Å². The zero-order chi connectivity index (χ0) is 54.6. The van der Waals surface area contributed by atoms with E-state index in [9.17, 15) is 48.3 Å². The lowest BCUT2D eigenvalue weighted by atomic mass is 10.0. The van der Waals surface area contributed by atoms with Gasteiger partial charge in [-0.15, -0.1) is 34.0 Å². The molecular formula is C51H42ClF11N6O3S3. The highest BCUT2D eigenvalue weighted by molar-refractivity contribution is 7.19. The number of rotatable bonds is 12. The van der Waals surface area contributed by atoms with Crippen LogP contribution in [0.15, 0.2) is 72.8 Å². The fourth-order valence-corrected chi connectivity index (χ4v) is 10.1. The lowest BCUT2D eigenvalue weighted by molar-refractivity contribution is -0.140. The van der Waals surface area contributed by atoms with Crippen LogP contribution in [0.4, 0.5) is 48.3 Å². The van der Waals surface area contributed by atoms with Gasteiger partial charge in [-0.1, -0.05) is 20.8 Å². The highest BCUT2D eigenvalue weighted by Gasteiger charge is 2.37. The predicted molar refractivity (Wildman–Crippen MR) is 270 cm³/mol. The second-order valence-corrected chi connectivity index (χ2v) is 20.5. The molecule has 9 aromatic rings. The van der Waals surface area contributed by atoms with Crippen LogP contribution in [0.3, 0.4) is 0 Å². The SMILES string of the molecule is CCCOc1nc(-c2ccc(F)c(C(F)(F)F)c2)c2cc(C)sc2n1.CCCOc1nc(-c2ccc(OCCC)c(C(F)(F)F)c2)c2cc(C)sc2n1.Cc1cc2c(-c3ccc(F)c(C(F)(F)F)c3)nc(Cl)nc2s1. The van der Waals surface area contributed by atoms with Crippen LogP contribution in [-0.4, -0.2) is 49.7 Å². The predicted octanol–water partition coefficient (Wildman–Crippen LogP) is 17.4. The third kappa shape index (κ3) is 13.6. The average Bonchev–Trinajstić information content (AvgIpc) is 4.04. The molecule has 6 heterocycles. The van der Waals surface area contributed by atoms with Crippen molar-refractivity contribution in [1.29, 1.82) is 0 Å². The fraction of sp³-hybridized carbons (Fsp3) is 0.294. The summed E-state index contributed by atoms with van der Waals surface area (Å²) in [4.78, 5) is 30.1. The Morgan fingerprint density at radius 1 is 0.440 bits per heavy atom. The molecule has 3 aromatic carbocycles. The third-order valence-corrected chi connectivity index (χ3v) is 13.5. The van der Waals surface area contributed by atoms with Gasteiger partial charge in [0.25, 0.3) is 0 Å². The van der Waals surface area contributed by atoms with Crippen LogP contribution in [0.25, 0.3) is 64.4 Å². The molecule has 0 atom stereocenters. The molecular weight excluding hydrogens is 1090 g/mol. The van der Waals surface area contributed by atoms with Crippen molar-refractivity contribution in [2.75, 3.05) is 19.8 Å². The molecule has 0 N–H and O–H groups in total. The van der Waals surface area contributed by atoms with Crippen molar-refractivity contribution in [2.24, 2.45) is 0 Å². The van der Waals surface area contributed by atoms with E-state index in [1.807, 2.05) is 47.6 Å². The number of aryl methyl sites for hydroxylation is 3. The van der Waals surface area contributed by atoms with Crippen LogP contribution in [0, 0.1) is 32.4 Å². The summed E-state index contributed by atoms with van der Waals surface area (Å²) in [5, 5.41) is 1.85. The van der Waals surface area contributed by atoms with E-state index >= 15 is 0 Å². The van der Waals surface area contributed by atoms with Crippen LogP contribution in [0.5, 0.6) is 17.8 Å². The van der Waals surface area contributed by atoms with Gasteiger partial charge in [0.2, 0.25) is 5.28 Å². The summed E-state index contributed by atoms with van der Waals surface area (Å²) in [7, 11) is 0. The molecule has 0 radical (unpaired) electrons. The molecule has 75 heavy (non-hydrogen) atoms. The van der Waals surface area contributed by atoms with E-state index in [0.29, 0.717) is 67.2 Å². The van der Waals surface area contributed by atoms with E-state index < -0.39 is 46.9 Å². The van der Waals surface area contributed by atoms with Gasteiger partial charge in [0.1, 0.15) is 31.9 Å². The monoisotopic (exact) mass is 1130 g/mol. The van der Waals surface area contributed by atoms with Crippen molar-refractivity contribution in [3.8, 4) is 51.5 Å². The second kappa shape index (κ2) is 23.3. The Labute approximate surface area is 438 Å². The van der Waals surface area contributed by atoms with E-state index in [1.54, 1.807) is 18.2 Å². The molecule has 24 heteroatoms. The zero-order valence-corrected chi connectivity index (χ0v) is 43.5. The molecule has 0 saturated heterocycles. The summed E-state index contributed by atoms with van der Waals surface area (Å²) in [6, 6.07) is 15.4. The van der Waals surface area contributed by atoms with Gasteiger partial charge < -0.3 is 14.2 Å². The number of ether oxygens (including phenoxy) is 3. The smallest absolute Gasteiger partial charge is 0.419 e. The maximum absolute atomic E-state index is 13.6. The molecule has 0 fully saturated rings. The highest BCUT2D eigenvalue weighted by atomic mass is 35.5. The standard InChI is InChI=1S/C20H21F3N2O2S.C17H14F4N2OS.C14H7ClF4N2S/c1-4-8-26-16-7-6-13(11-15(16)20(21,22)23)17-14-10-12(3)28-18(14)25-19(24-17)27-9-5-2;1-3-6-24-16-22-14(11-7-9(2)25-15(11)23-16)10-4-5-13(18)12(8-10)17(19,20)21;1-6-4-8-11(20-13(15)21-12(8)22-6)7-2-3-10(16)9(5-7)14(17,18)19/h6-7,10-11H,4-5,8-9H2,1-3H3;4-5,7-8H,3,6H2,1-2H3;2-5H,1H3. The first kappa shape index (κ1) is 56.4. The number of hydrogen-bond acceptors (Lipinski definition) is 12. The molecule has 9 nitrogen and oxygen atoms in total. The van der Waals surface area contributed by atoms with Gasteiger partial charge in [0.05, 0.1) is 53.6 Å². The highest BCUT2D eigenvalue weighted by Crippen LogP contribution is 2.43. The van der Waals surface area contributed by atoms with Crippen molar-refractivity contribution in [1.82, 2.24) is 29.9 Å². The summed E-state index contributed by atoms with van der Waals surface area (Å²) in [5.74, 6) is -2.81. The Morgan fingerprint density at radius 3 is 1.17 bits per heavy atom. The number of halogens is 12. The fourth-order valence-electron chi connectivity index (χ4n) is 7.25. The van der Waals surface area contributed by atoms with Crippen LogP contribution in [-0.2, 0) is 18.5 Å². The van der Waals surface area contributed by atoms with Crippen LogP contribution < -0.4 is 14.2 Å². The number of nitrogens with zero attached hydrogens (tertiary/aromatic N) is 6. The summed E-state index contributed by atoms with van der Waals surface area (Å²) >= 11 is 10.0. The minimum atomic E-state index is -4.78. The van der Waals surface area contributed by atoms with Gasteiger partial charge in [-0.2, -0.15) is 59.4 Å². The Bertz CT molecular complexity index is 3490. The van der Waals surface area contributed by atoms with Crippen LogP contribution >= 0.6 is 45.6 Å². The molecule has 396 valence electrons. The molecule has 0 saturated carbocycles. The number of hydrogen-bond donors (Lipinski definition) is 0. The number of fused-ring (bicyclic) bond motifs is 3. The molecule has 0 unspecified atom stereocenters. The van der Waals surface area contributed by atoms with Gasteiger partial charge in [-0.25, -0.2) is 18.7 Å². The lowest BCUT2D eigenvalue weighted by Gasteiger charge is -2.15. The Morgan fingerprint density at radius 2 is 0.787 bits per heavy atom. The van der Waals surface area contributed by atoms with Crippen molar-refractivity contribution in [3.05, 3.63) is 121 Å². The summed E-state index contributed by atoms with van der Waals surface area (Å²) in [5.41, 5.74) is -1.83. The number of thiophene rings is 3. The normalized spacial score (nSPS) is 11.9. The van der Waals surface area contributed by atoms with Gasteiger partial charge in [0.15, 0.2) is 0 Å². The quantitative estimate of drug-likeness (QED) is 0.0873. The van der Waals surface area contributed by atoms with Gasteiger partial charge in [0, 0.05) is 47.5 Å². The average molecular weight is 1130 g/mol. The Balaban J connectivity index is 0.000000165. The van der Waals surface area contributed by atoms with Crippen molar-refractivity contribution >= 4 is 76.3 Å². The Hall–Kier alpha value is -6.30. The summed E-state index contributed by atoms with van der Waals surface area (Å²) in [6.07, 6.45) is -11.9. The third-order valence-electron chi connectivity index (χ3n) is 10.5. The first-order chi connectivity index (χ1) is 35.4. The minimum Gasteiger partial charge on any atom is -0.493 e. The van der Waals surface area contributed by atoms with Crippen molar-refractivity contribution in [2.45, 2.75) is 79.3 Å². The number of alkyl halides is 9. The maximum atomic E-state index is 13.6. The lowest BCUT2D eigenvalue weighted by Crippen LogP contribution is -2.09. The first-order valence-electron chi connectivity index (χ1n) is 22.7. The number of benzene rings is 3. The van der Waals surface area contributed by atoms with Crippen LogP contribution in [0.1, 0.15) is 71.4 Å². The number of aromatic nitrogens is 6. The van der Waals surface area contributed by atoms with E-state index in [4.69, 9.17) is 25.8 Å². The van der Waals surface area contributed by atoms with E-state index in [1.165, 1.54) is 52.2 Å². The first-order valence-corrected chi connectivity index (χ1v) is 25.5. The summed E-state index contributed by atoms with van der Waals surface area (Å²) in [6.45, 7) is 12.4. The largest absolute Gasteiger partial charge is 0.493 e. The van der Waals surface area contributed by atoms with Gasteiger partial charge in [-0.05, 0) is 124 Å². The van der Waals surface area contributed by atoms with E-state index in [0.717, 1.165) is 57.8 Å². The molecule has 0 aliphatic carbocycles. The van der Waals surface area contributed by atoms with E-state index in [-0.39, 0.29) is 46.5 Å². The second-order valence-electron chi connectivity index (χ2n) is 16.4. The van der Waals surface area contributed by atoms with Gasteiger partial charge in [-0.3, -0.25) is 0 Å². The molecule has 9 rings (SSSR count). The molecule has 0 bridgehead atoms. The molecule has 6 aromatic heterocycles. The maximum Gasteiger partial charge on any atom is 0.419 e. The van der Waals surface area contributed by atoms with E-state index in [2.05, 4.69) is 29.9 Å². The minimum absolute atomic E-state index is 0.0674. The van der Waals surface area contributed by atoms with Crippen LogP contribution in [0.2, 0.25) is 5.28 Å². The molecule has 0 aliphatic rings. The molecule has 0 aliphatic heterocycles. The van der Waals surface area contributed by atoms with Crippen molar-refractivity contribution in [3.63, 3.8) is 0 Å². The van der Waals surface area contributed by atoms with Gasteiger partial charge >= 0.3 is 30.5 Å². The zero-order valence-electron chi connectivity index (χ0n) is 40.3. The molecule has 0 amide bonds. The van der Waals surface area contributed by atoms with Crippen molar-refractivity contribution < 1.29 is 62.5 Å². The Kier molecular flexibility index (Phi) is 17.5.